The van der Waals surface area contributed by atoms with Gasteiger partial charge in [0.25, 0.3) is 0 Å². The average Bonchev–Trinajstić information content (AvgIpc) is 3.81. The van der Waals surface area contributed by atoms with Crippen molar-refractivity contribution >= 4 is 24.3 Å². The van der Waals surface area contributed by atoms with E-state index in [-0.39, 0.29) is 19.0 Å². The zero-order valence-corrected chi connectivity index (χ0v) is 30.6. The van der Waals surface area contributed by atoms with E-state index in [2.05, 4.69) is 42.0 Å². The van der Waals surface area contributed by atoms with E-state index in [4.69, 9.17) is 10.3 Å². The number of aryl methyl sites for hydroxylation is 3. The van der Waals surface area contributed by atoms with E-state index in [1.807, 2.05) is 86.3 Å². The summed E-state index contributed by atoms with van der Waals surface area (Å²) in [6.07, 6.45) is 8.53. The van der Waals surface area contributed by atoms with Crippen LogP contribution in [0.15, 0.2) is 120 Å². The van der Waals surface area contributed by atoms with Crippen LogP contribution in [0.4, 0.5) is 14.4 Å². The minimum absolute atomic E-state index is 0.00142. The molecule has 0 saturated carbocycles. The van der Waals surface area contributed by atoms with Crippen LogP contribution in [0.2, 0.25) is 0 Å². The monoisotopic (exact) mass is 726 g/mol. The second-order valence-electron chi connectivity index (χ2n) is 13.5. The molecule has 54 heavy (non-hydrogen) atoms. The van der Waals surface area contributed by atoms with Gasteiger partial charge in [0.15, 0.2) is 5.70 Å². The number of anilines is 1. The average molecular weight is 727 g/mol. The minimum atomic E-state index is -4.48. The SMILES string of the molecule is Cc1cc(C)c(C2=C3C=CC(OCCN=[N+]=[N-])=[N+]3[B-](F)(F)n3c2ccc3N(CCN(Cc2ccccn2)Cc2ccccn2)Cc2ccccn2)c(C)c1. The summed E-state index contributed by atoms with van der Waals surface area (Å²) in [5.41, 5.74) is 16.8. The third-order valence-corrected chi connectivity index (χ3v) is 9.66. The molecule has 2 aliphatic rings. The predicted molar refractivity (Wildman–Crippen MR) is 207 cm³/mol. The molecule has 0 saturated heterocycles. The van der Waals surface area contributed by atoms with E-state index in [1.54, 1.807) is 36.8 Å². The van der Waals surface area contributed by atoms with Crippen LogP contribution in [0.5, 0.6) is 0 Å². The second kappa shape index (κ2) is 15.9. The van der Waals surface area contributed by atoms with Crippen LogP contribution in [0.3, 0.4) is 0 Å². The number of hydrogen-bond donors (Lipinski definition) is 0. The Morgan fingerprint density at radius 3 is 2.00 bits per heavy atom. The van der Waals surface area contributed by atoms with Crippen LogP contribution in [-0.4, -0.2) is 67.9 Å². The van der Waals surface area contributed by atoms with Gasteiger partial charge in [-0.2, -0.15) is 0 Å². The summed E-state index contributed by atoms with van der Waals surface area (Å²) >= 11 is 0. The Kier molecular flexibility index (Phi) is 10.7. The van der Waals surface area contributed by atoms with Gasteiger partial charge in [-0.05, 0) is 91.5 Å². The summed E-state index contributed by atoms with van der Waals surface area (Å²) in [5.74, 6) is 0.358. The molecule has 274 valence electrons. The van der Waals surface area contributed by atoms with Gasteiger partial charge in [0.05, 0.1) is 54.2 Å². The fourth-order valence-electron chi connectivity index (χ4n) is 7.49. The lowest BCUT2D eigenvalue weighted by molar-refractivity contribution is -0.372. The Hall–Kier alpha value is -6.11. The predicted octanol–water partition coefficient (Wildman–Crippen LogP) is 7.61. The number of nitrogens with zero attached hydrogens (tertiary/aromatic N) is 10. The molecular weight excluding hydrogens is 685 g/mol. The van der Waals surface area contributed by atoms with E-state index in [9.17, 15) is 0 Å². The Labute approximate surface area is 313 Å². The van der Waals surface area contributed by atoms with Crippen LogP contribution < -0.4 is 4.90 Å². The van der Waals surface area contributed by atoms with E-state index < -0.39 is 6.97 Å². The number of fused-ring (bicyclic) bond motifs is 2. The Morgan fingerprint density at radius 1 is 0.815 bits per heavy atom. The minimum Gasteiger partial charge on any atom is -0.448 e. The summed E-state index contributed by atoms with van der Waals surface area (Å²) in [6.45, 7) is 3.87. The van der Waals surface area contributed by atoms with Crippen molar-refractivity contribution in [3.8, 4) is 0 Å². The molecule has 0 aliphatic carbocycles. The number of halogens is 2. The van der Waals surface area contributed by atoms with Gasteiger partial charge in [-0.25, -0.2) is 0 Å². The van der Waals surface area contributed by atoms with Gasteiger partial charge in [0, 0.05) is 61.5 Å². The van der Waals surface area contributed by atoms with Crippen LogP contribution in [0, 0.1) is 20.8 Å². The maximum absolute atomic E-state index is 17.5. The lowest BCUT2D eigenvalue weighted by Gasteiger charge is -2.37. The molecule has 0 bridgehead atoms. The number of azide groups is 1. The van der Waals surface area contributed by atoms with Gasteiger partial charge in [0.1, 0.15) is 0 Å². The molecule has 0 unspecified atom stereocenters. The molecule has 7 rings (SSSR count). The quantitative estimate of drug-likeness (QED) is 0.0383. The smallest absolute Gasteiger partial charge is 0.448 e. The van der Waals surface area contributed by atoms with E-state index in [1.165, 1.54) is 4.48 Å². The van der Waals surface area contributed by atoms with Crippen molar-refractivity contribution in [3.05, 3.63) is 171 Å². The Balaban J connectivity index is 1.34. The summed E-state index contributed by atoms with van der Waals surface area (Å²) in [7, 11) is 0. The van der Waals surface area contributed by atoms with E-state index in [0.29, 0.717) is 55.5 Å². The van der Waals surface area contributed by atoms with Crippen molar-refractivity contribution in [2.45, 2.75) is 40.4 Å². The Bertz CT molecular complexity index is 2210. The van der Waals surface area contributed by atoms with Gasteiger partial charge in [-0.15, -0.1) is 0 Å². The van der Waals surface area contributed by atoms with Gasteiger partial charge in [0.2, 0.25) is 0 Å². The molecule has 0 N–H and O–H groups in total. The number of benzene rings is 1. The molecule has 5 aromatic rings. The standard InChI is InChI=1S/C40H41BF2N10O/c1-29-24-30(2)39(31(3)25-29)40-35-13-15-37(52(35)41(42,43)53-36(40)14-16-38(53)54-23-20-48-49-44)51(28-34-12-6-9-19-47-34)22-21-50(26-32-10-4-7-17-45-32)27-33-11-5-8-18-46-33/h4-19,24-25H,20-23,26-28H2,1-3H3. The van der Waals surface area contributed by atoms with Crippen molar-refractivity contribution in [1.29, 1.82) is 0 Å². The molecular formula is C40H41BF2N10O. The number of ether oxygens (including phenoxy) is 1. The normalized spacial score (nSPS) is 14.3. The largest absolute Gasteiger partial charge is 0.741 e. The summed E-state index contributed by atoms with van der Waals surface area (Å²) in [6, 6.07) is 25.1. The Morgan fingerprint density at radius 2 is 1.43 bits per heavy atom. The molecule has 0 amide bonds. The first-order chi connectivity index (χ1) is 26.2. The van der Waals surface area contributed by atoms with E-state index in [0.717, 1.165) is 43.8 Å². The fourth-order valence-corrected chi connectivity index (χ4v) is 7.49. The van der Waals surface area contributed by atoms with Gasteiger partial charge < -0.3 is 22.7 Å². The number of allylic oxidation sites excluding steroid dienone is 1. The zero-order valence-electron chi connectivity index (χ0n) is 30.6. The fraction of sp³-hybridized carbons (Fsp3) is 0.250. The summed E-state index contributed by atoms with van der Waals surface area (Å²) in [4.78, 5) is 20.7. The maximum atomic E-state index is 17.5. The van der Waals surface area contributed by atoms with Crippen molar-refractivity contribution < 1.29 is 17.9 Å². The number of hydrogen-bond acceptors (Lipinski definition) is 7. The van der Waals surface area contributed by atoms with Crippen LogP contribution in [-0.2, 0) is 24.4 Å². The van der Waals surface area contributed by atoms with Crippen LogP contribution >= 0.6 is 0 Å². The lowest BCUT2D eigenvalue weighted by atomic mass is 9.83. The zero-order chi connectivity index (χ0) is 37.7. The first kappa shape index (κ1) is 36.3. The molecule has 0 spiro atoms. The number of rotatable bonds is 14. The molecule has 1 aromatic carbocycles. The molecule has 11 nitrogen and oxygen atoms in total. The molecule has 0 fully saturated rings. The highest BCUT2D eigenvalue weighted by atomic mass is 19.2. The van der Waals surface area contributed by atoms with Crippen molar-refractivity contribution in [2.24, 2.45) is 5.11 Å². The molecule has 14 heteroatoms. The second-order valence-corrected chi connectivity index (χ2v) is 13.5. The van der Waals surface area contributed by atoms with Crippen molar-refractivity contribution in [3.63, 3.8) is 0 Å². The highest BCUT2D eigenvalue weighted by Gasteiger charge is 2.56. The summed E-state index contributed by atoms with van der Waals surface area (Å²) < 4.78 is 43.1. The first-order valence-electron chi connectivity index (χ1n) is 18.0. The van der Waals surface area contributed by atoms with Gasteiger partial charge in [-0.1, -0.05) is 41.0 Å². The number of aromatic nitrogens is 4. The number of pyridine rings is 3. The topological polar surface area (TPSA) is 111 Å². The molecule has 0 radical (unpaired) electrons. The molecule has 4 aromatic heterocycles. The van der Waals surface area contributed by atoms with Crippen LogP contribution in [0.1, 0.15) is 45.0 Å². The lowest BCUT2D eigenvalue weighted by Crippen LogP contribution is -2.52. The van der Waals surface area contributed by atoms with Gasteiger partial charge in [-0.3, -0.25) is 24.3 Å². The van der Waals surface area contributed by atoms with E-state index >= 15 is 8.63 Å². The van der Waals surface area contributed by atoms with Gasteiger partial charge >= 0.3 is 12.9 Å². The molecule has 6 heterocycles. The maximum Gasteiger partial charge on any atom is 0.741 e. The molecule has 2 aliphatic heterocycles. The first-order valence-corrected chi connectivity index (χ1v) is 18.0. The highest BCUT2D eigenvalue weighted by Crippen LogP contribution is 2.44. The van der Waals surface area contributed by atoms with Crippen molar-refractivity contribution in [1.82, 2.24) is 24.3 Å². The molecule has 0 atom stereocenters. The third kappa shape index (κ3) is 7.52. The summed E-state index contributed by atoms with van der Waals surface area (Å²) in [5, 5.41) is 3.53. The highest BCUT2D eigenvalue weighted by molar-refractivity contribution is 6.58. The third-order valence-electron chi connectivity index (χ3n) is 9.66. The van der Waals surface area contributed by atoms with Crippen molar-refractivity contribution in [2.75, 3.05) is 31.1 Å². The van der Waals surface area contributed by atoms with Crippen LogP contribution in [0.25, 0.3) is 16.0 Å².